The van der Waals surface area contributed by atoms with Crippen molar-refractivity contribution >= 4 is 10.2 Å². The number of hydrogen-bond acceptors (Lipinski definition) is 3. The van der Waals surface area contributed by atoms with Crippen molar-refractivity contribution in [2.24, 2.45) is 5.14 Å². The highest BCUT2D eigenvalue weighted by molar-refractivity contribution is 7.87. The predicted octanol–water partition coefficient (Wildman–Crippen LogP) is 4.86. The van der Waals surface area contributed by atoms with Gasteiger partial charge in [0, 0.05) is 0 Å². The summed E-state index contributed by atoms with van der Waals surface area (Å²) in [7, 11) is -3.79. The topological polar surface area (TPSA) is 81.4 Å². The molecule has 0 aliphatic heterocycles. The molecule has 0 unspecified atom stereocenters. The quantitative estimate of drug-likeness (QED) is 0.270. The van der Waals surface area contributed by atoms with E-state index >= 15 is 0 Å². The third kappa shape index (κ3) is 17.6. The van der Waals surface area contributed by atoms with Crippen LogP contribution in [0.25, 0.3) is 0 Å². The molecule has 0 atom stereocenters. The van der Waals surface area contributed by atoms with Gasteiger partial charge in [0.05, 0.1) is 6.61 Å². The average molecular weight is 385 g/mol. The second kappa shape index (κ2) is 13.9. The molecular weight excluding hydrogens is 348 g/mol. The van der Waals surface area contributed by atoms with E-state index in [0.29, 0.717) is 0 Å². The van der Waals surface area contributed by atoms with E-state index in [9.17, 15) is 8.42 Å². The monoisotopic (exact) mass is 384 g/mol. The van der Waals surface area contributed by atoms with Crippen molar-refractivity contribution in [2.75, 3.05) is 6.61 Å². The van der Waals surface area contributed by atoms with Crippen LogP contribution < -0.4 is 10.0 Å². The van der Waals surface area contributed by atoms with Crippen molar-refractivity contribution in [3.8, 4) is 0 Å². The molecule has 0 aromatic rings. The van der Waals surface area contributed by atoms with Crippen LogP contribution in [0.4, 0.5) is 0 Å². The normalized spacial score (nSPS) is 13.8. The first kappa shape index (κ1) is 24.8. The first-order chi connectivity index (χ1) is 12.1. The van der Waals surface area contributed by atoms with Crippen LogP contribution in [-0.2, 0) is 15.0 Å². The molecule has 0 spiro atoms. The number of nitrogens with one attached hydrogen (secondary N) is 1. The third-order valence-corrected chi connectivity index (χ3v) is 4.19. The average Bonchev–Trinajstić information content (AvgIpc) is 2.50. The Labute approximate surface area is 160 Å². The molecule has 0 aliphatic carbocycles. The highest BCUT2D eigenvalue weighted by Gasteiger charge is 1.98. The van der Waals surface area contributed by atoms with Gasteiger partial charge in [-0.15, -0.1) is 0 Å². The van der Waals surface area contributed by atoms with Gasteiger partial charge in [-0.1, -0.05) is 51.5 Å². The van der Waals surface area contributed by atoms with Crippen molar-refractivity contribution in [3.05, 3.63) is 46.6 Å². The van der Waals surface area contributed by atoms with E-state index in [4.69, 9.17) is 9.98 Å². The summed E-state index contributed by atoms with van der Waals surface area (Å²) in [6, 6.07) is 0. The highest BCUT2D eigenvalue weighted by atomic mass is 32.2. The number of nitrogens with two attached hydrogens (primary N) is 1. The summed E-state index contributed by atoms with van der Waals surface area (Å²) in [6.07, 6.45) is 15.1. The molecule has 150 valence electrons. The second-order valence-electron chi connectivity index (χ2n) is 6.99. The van der Waals surface area contributed by atoms with Gasteiger partial charge < -0.3 is 0 Å². The third-order valence-electron chi connectivity index (χ3n) is 3.84. The van der Waals surface area contributed by atoms with Crippen LogP contribution in [0.1, 0.15) is 73.1 Å². The molecule has 0 aromatic carbocycles. The minimum atomic E-state index is -3.79. The molecule has 0 aromatic heterocycles. The van der Waals surface area contributed by atoms with E-state index in [1.54, 1.807) is 4.89 Å². The molecule has 0 heterocycles. The molecule has 0 saturated heterocycles. The largest absolute Gasteiger partial charge is 0.296 e. The van der Waals surface area contributed by atoms with Crippen molar-refractivity contribution < 1.29 is 13.3 Å². The maximum atomic E-state index is 10.6. The fourth-order valence-corrected chi connectivity index (χ4v) is 2.52. The molecule has 0 aliphatic rings. The lowest BCUT2D eigenvalue weighted by Crippen LogP contribution is -2.30. The maximum absolute atomic E-state index is 10.6. The molecule has 0 amide bonds. The summed E-state index contributed by atoms with van der Waals surface area (Å²) < 4.78 is 21.3. The van der Waals surface area contributed by atoms with Crippen LogP contribution in [0.2, 0.25) is 0 Å². The van der Waals surface area contributed by atoms with E-state index in [1.165, 1.54) is 16.7 Å². The molecule has 5 nitrogen and oxygen atoms in total. The van der Waals surface area contributed by atoms with Gasteiger partial charge in [0.1, 0.15) is 0 Å². The van der Waals surface area contributed by atoms with Gasteiger partial charge >= 0.3 is 0 Å². The first-order valence-electron chi connectivity index (χ1n) is 9.11. The van der Waals surface area contributed by atoms with Gasteiger partial charge in [-0.3, -0.25) is 4.84 Å². The van der Waals surface area contributed by atoms with E-state index in [0.717, 1.165) is 44.1 Å². The van der Waals surface area contributed by atoms with Crippen LogP contribution in [-0.4, -0.2) is 15.0 Å². The minimum absolute atomic E-state index is 0.168. The molecule has 6 heteroatoms. The maximum Gasteiger partial charge on any atom is 0.296 e. The van der Waals surface area contributed by atoms with Gasteiger partial charge in [0.15, 0.2) is 0 Å². The zero-order valence-electron chi connectivity index (χ0n) is 17.0. The molecular formula is C20H36N2O3S. The van der Waals surface area contributed by atoms with Gasteiger partial charge in [-0.05, 0) is 73.1 Å². The first-order valence-corrected chi connectivity index (χ1v) is 10.7. The fraction of sp³-hybridized carbons (Fsp3) is 0.600. The lowest BCUT2D eigenvalue weighted by atomic mass is 10.0. The molecule has 0 rings (SSSR count). The summed E-state index contributed by atoms with van der Waals surface area (Å²) in [4.78, 5) is 6.53. The summed E-state index contributed by atoms with van der Waals surface area (Å²) in [5.74, 6) is 0. The van der Waals surface area contributed by atoms with Crippen LogP contribution in [0.3, 0.4) is 0 Å². The lowest BCUT2D eigenvalue weighted by Gasteiger charge is -2.03. The summed E-state index contributed by atoms with van der Waals surface area (Å²) >= 11 is 0. The summed E-state index contributed by atoms with van der Waals surface area (Å²) in [5.41, 5.74) is 5.40. The molecule has 0 saturated carbocycles. The smallest absolute Gasteiger partial charge is 0.282 e. The van der Waals surface area contributed by atoms with Gasteiger partial charge in [0.25, 0.3) is 10.2 Å². The lowest BCUT2D eigenvalue weighted by molar-refractivity contribution is 0.119. The Bertz CT molecular complexity index is 625. The van der Waals surface area contributed by atoms with Crippen molar-refractivity contribution in [1.82, 2.24) is 4.89 Å². The highest BCUT2D eigenvalue weighted by Crippen LogP contribution is 2.13. The van der Waals surface area contributed by atoms with E-state index in [1.807, 2.05) is 13.0 Å². The van der Waals surface area contributed by atoms with Gasteiger partial charge in [-0.25, -0.2) is 5.14 Å². The fourth-order valence-electron chi connectivity index (χ4n) is 2.29. The Hall–Kier alpha value is -1.21. The molecule has 0 bridgehead atoms. The number of hydrogen-bond donors (Lipinski definition) is 2. The SMILES string of the molecule is CC(C)=CCC/C(C)=C/CC/C(C)=C/CC/C(C)=C/CONS(N)(=O)=O. The minimum Gasteiger partial charge on any atom is -0.282 e. The molecule has 0 fully saturated rings. The van der Waals surface area contributed by atoms with Crippen LogP contribution >= 0.6 is 0 Å². The van der Waals surface area contributed by atoms with Crippen molar-refractivity contribution in [2.45, 2.75) is 73.1 Å². The van der Waals surface area contributed by atoms with E-state index in [-0.39, 0.29) is 6.61 Å². The van der Waals surface area contributed by atoms with Crippen LogP contribution in [0.15, 0.2) is 46.6 Å². The number of rotatable bonds is 13. The van der Waals surface area contributed by atoms with Crippen LogP contribution in [0.5, 0.6) is 0 Å². The molecule has 0 radical (unpaired) electrons. The Morgan fingerprint density at radius 3 is 1.65 bits per heavy atom. The summed E-state index contributed by atoms with van der Waals surface area (Å²) in [5, 5.41) is 4.76. The van der Waals surface area contributed by atoms with Gasteiger partial charge in [0.2, 0.25) is 0 Å². The molecule has 3 N–H and O–H groups in total. The molecule has 26 heavy (non-hydrogen) atoms. The van der Waals surface area contributed by atoms with Crippen molar-refractivity contribution in [3.63, 3.8) is 0 Å². The van der Waals surface area contributed by atoms with Crippen molar-refractivity contribution in [1.29, 1.82) is 0 Å². The Kier molecular flexibility index (Phi) is 13.3. The van der Waals surface area contributed by atoms with E-state index < -0.39 is 10.2 Å². The Balaban J connectivity index is 4.01. The number of allylic oxidation sites excluding steroid dienone is 7. The zero-order chi connectivity index (χ0) is 20.0. The second-order valence-corrected chi connectivity index (χ2v) is 8.24. The Morgan fingerprint density at radius 1 is 0.808 bits per heavy atom. The Morgan fingerprint density at radius 2 is 1.23 bits per heavy atom. The standard InChI is InChI=1S/C20H36N2O3S/c1-17(2)9-6-10-18(3)11-7-12-19(4)13-8-14-20(5)15-16-25-22-26(21,23)24/h9,11,13,15,22H,6-8,10,12,14,16H2,1-5H3,(H2,21,23,24)/b18-11+,19-13+,20-15+. The van der Waals surface area contributed by atoms with E-state index in [2.05, 4.69) is 45.9 Å². The predicted molar refractivity (Wildman–Crippen MR) is 111 cm³/mol. The van der Waals surface area contributed by atoms with Crippen LogP contribution in [0, 0.1) is 0 Å². The zero-order valence-corrected chi connectivity index (χ0v) is 17.8. The van der Waals surface area contributed by atoms with Gasteiger partial charge in [-0.2, -0.15) is 8.42 Å². The summed E-state index contributed by atoms with van der Waals surface area (Å²) in [6.45, 7) is 10.8.